The molecule has 1 aliphatic carbocycles. The van der Waals surface area contributed by atoms with Crippen LogP contribution in [0.4, 0.5) is 6.01 Å². The molecule has 0 N–H and O–H groups in total. The van der Waals surface area contributed by atoms with Crippen molar-refractivity contribution in [3.8, 4) is 5.75 Å². The van der Waals surface area contributed by atoms with Gasteiger partial charge in [-0.25, -0.2) is 0 Å². The van der Waals surface area contributed by atoms with E-state index in [1.54, 1.807) is 7.11 Å². The number of ether oxygens (including phenoxy) is 1. The zero-order chi connectivity index (χ0) is 20.8. The molecule has 6 heteroatoms. The van der Waals surface area contributed by atoms with Crippen LogP contribution in [-0.4, -0.2) is 53.9 Å². The van der Waals surface area contributed by atoms with E-state index in [9.17, 15) is 0 Å². The van der Waals surface area contributed by atoms with Gasteiger partial charge in [-0.3, -0.25) is 4.90 Å². The highest BCUT2D eigenvalue weighted by Crippen LogP contribution is 2.43. The fraction of sp³-hybridized carbons (Fsp3) is 0.680. The lowest BCUT2D eigenvalue weighted by atomic mass is 9.71. The molecule has 0 unspecified atom stereocenters. The van der Waals surface area contributed by atoms with Crippen molar-refractivity contribution >= 4 is 6.01 Å². The lowest BCUT2D eigenvalue weighted by Crippen LogP contribution is -2.64. The molecule has 6 rings (SSSR count). The predicted octanol–water partition coefficient (Wildman–Crippen LogP) is 4.27. The van der Waals surface area contributed by atoms with E-state index in [1.165, 1.54) is 57.1 Å². The number of piperidine rings is 3. The van der Waals surface area contributed by atoms with Crippen LogP contribution < -0.4 is 9.64 Å². The van der Waals surface area contributed by atoms with Crippen molar-refractivity contribution in [1.29, 1.82) is 0 Å². The Balaban J connectivity index is 1.25. The Morgan fingerprint density at radius 2 is 1.97 bits per heavy atom. The minimum atomic E-state index is 0.500. The third-order valence-electron chi connectivity index (χ3n) is 8.36. The highest BCUT2D eigenvalue weighted by Gasteiger charge is 2.47. The highest BCUT2D eigenvalue weighted by atomic mass is 16.5. The Hall–Kier alpha value is -2.08. The van der Waals surface area contributed by atoms with Crippen LogP contribution in [0, 0.1) is 11.8 Å². The smallest absolute Gasteiger partial charge is 0.318 e. The van der Waals surface area contributed by atoms with Crippen molar-refractivity contribution in [1.82, 2.24) is 15.1 Å². The highest BCUT2D eigenvalue weighted by molar-refractivity contribution is 5.31. The van der Waals surface area contributed by atoms with Gasteiger partial charge < -0.3 is 14.1 Å². The summed E-state index contributed by atoms with van der Waals surface area (Å²) in [6.45, 7) is 3.34. The molecule has 4 fully saturated rings. The van der Waals surface area contributed by atoms with Gasteiger partial charge in [0, 0.05) is 31.1 Å². The lowest BCUT2D eigenvalue weighted by Gasteiger charge is -2.56. The van der Waals surface area contributed by atoms with Crippen LogP contribution in [-0.2, 0) is 6.42 Å². The Kier molecular flexibility index (Phi) is 5.13. The van der Waals surface area contributed by atoms with Gasteiger partial charge in [0.25, 0.3) is 0 Å². The normalized spacial score (nSPS) is 31.2. The average molecular weight is 423 g/mol. The molecular formula is C25H34N4O2. The number of rotatable bonds is 5. The second-order valence-corrected chi connectivity index (χ2v) is 10.1. The predicted molar refractivity (Wildman–Crippen MR) is 120 cm³/mol. The van der Waals surface area contributed by atoms with Crippen molar-refractivity contribution in [3.05, 3.63) is 35.7 Å². The number of fused-ring (bicyclic) bond motifs is 4. The molecule has 2 bridgehead atoms. The molecular weight excluding hydrogens is 388 g/mol. The molecule has 6 nitrogen and oxygen atoms in total. The van der Waals surface area contributed by atoms with E-state index in [-0.39, 0.29) is 0 Å². The Bertz CT molecular complexity index is 910. The Morgan fingerprint density at radius 3 is 2.81 bits per heavy atom. The fourth-order valence-corrected chi connectivity index (χ4v) is 6.56. The summed E-state index contributed by atoms with van der Waals surface area (Å²) in [6, 6.07) is 10.7. The van der Waals surface area contributed by atoms with E-state index in [0.29, 0.717) is 29.8 Å². The summed E-state index contributed by atoms with van der Waals surface area (Å²) in [6.07, 6.45) is 10.1. The van der Waals surface area contributed by atoms with Gasteiger partial charge >= 0.3 is 6.01 Å². The van der Waals surface area contributed by atoms with Gasteiger partial charge in [0.05, 0.1) is 7.11 Å². The number of hydrogen-bond donors (Lipinski definition) is 0. The summed E-state index contributed by atoms with van der Waals surface area (Å²) in [4.78, 5) is 5.28. The minimum absolute atomic E-state index is 0.500. The molecule has 4 aliphatic rings. The Morgan fingerprint density at radius 1 is 1.06 bits per heavy atom. The van der Waals surface area contributed by atoms with Crippen LogP contribution in [0.2, 0.25) is 0 Å². The summed E-state index contributed by atoms with van der Waals surface area (Å²) in [7, 11) is 1.76. The molecule has 1 aromatic carbocycles. The van der Waals surface area contributed by atoms with Gasteiger partial charge in [0.2, 0.25) is 5.89 Å². The quantitative estimate of drug-likeness (QED) is 0.717. The largest absolute Gasteiger partial charge is 0.497 e. The molecule has 4 atom stereocenters. The number of anilines is 1. The second kappa shape index (κ2) is 8.12. The van der Waals surface area contributed by atoms with Gasteiger partial charge in [-0.2, -0.15) is 0 Å². The third kappa shape index (κ3) is 3.63. The van der Waals surface area contributed by atoms with E-state index in [1.807, 2.05) is 6.07 Å². The number of hydrogen-bond acceptors (Lipinski definition) is 6. The summed E-state index contributed by atoms with van der Waals surface area (Å²) in [5.41, 5.74) is 1.38. The SMILES string of the molecule is COc1cccc(C[C@H]2[C@H]3C[C@H](CN(c4nnc(C5CCC5)o4)C3)[C@@H]3CCCCN32)c1. The molecule has 166 valence electrons. The van der Waals surface area contributed by atoms with Crippen molar-refractivity contribution in [3.63, 3.8) is 0 Å². The zero-order valence-electron chi connectivity index (χ0n) is 18.6. The van der Waals surface area contributed by atoms with Crippen LogP contribution in [0.25, 0.3) is 0 Å². The van der Waals surface area contributed by atoms with Crippen LogP contribution in [0.15, 0.2) is 28.7 Å². The molecule has 1 aromatic heterocycles. The van der Waals surface area contributed by atoms with E-state index in [4.69, 9.17) is 9.15 Å². The number of methoxy groups -OCH3 is 1. The van der Waals surface area contributed by atoms with E-state index >= 15 is 0 Å². The van der Waals surface area contributed by atoms with Gasteiger partial charge in [-0.15, -0.1) is 5.10 Å². The second-order valence-electron chi connectivity index (χ2n) is 10.1. The van der Waals surface area contributed by atoms with Gasteiger partial charge in [0.15, 0.2) is 0 Å². The van der Waals surface area contributed by atoms with Crippen molar-refractivity contribution in [2.75, 3.05) is 31.6 Å². The Labute approximate surface area is 185 Å². The maximum atomic E-state index is 6.19. The third-order valence-corrected chi connectivity index (χ3v) is 8.36. The van der Waals surface area contributed by atoms with Crippen LogP contribution in [0.1, 0.15) is 62.3 Å². The molecule has 2 aromatic rings. The molecule has 3 aliphatic heterocycles. The summed E-state index contributed by atoms with van der Waals surface area (Å²) in [5.74, 6) is 3.67. The molecule has 4 heterocycles. The molecule has 1 saturated carbocycles. The van der Waals surface area contributed by atoms with Gasteiger partial charge in [-0.05, 0) is 74.6 Å². The first-order valence-corrected chi connectivity index (χ1v) is 12.3. The summed E-state index contributed by atoms with van der Waals surface area (Å²) < 4.78 is 11.7. The van der Waals surface area contributed by atoms with Crippen LogP contribution in [0.5, 0.6) is 5.75 Å². The maximum Gasteiger partial charge on any atom is 0.318 e. The maximum absolute atomic E-state index is 6.19. The topological polar surface area (TPSA) is 54.6 Å². The summed E-state index contributed by atoms with van der Waals surface area (Å²) >= 11 is 0. The van der Waals surface area contributed by atoms with Crippen LogP contribution >= 0.6 is 0 Å². The summed E-state index contributed by atoms with van der Waals surface area (Å²) in [5, 5.41) is 8.90. The van der Waals surface area contributed by atoms with Gasteiger partial charge in [-0.1, -0.05) is 30.1 Å². The monoisotopic (exact) mass is 422 g/mol. The minimum Gasteiger partial charge on any atom is -0.497 e. The van der Waals surface area contributed by atoms with Crippen molar-refractivity contribution < 1.29 is 9.15 Å². The number of benzene rings is 1. The molecule has 0 radical (unpaired) electrons. The van der Waals surface area contributed by atoms with Crippen LogP contribution in [0.3, 0.4) is 0 Å². The molecule has 0 spiro atoms. The number of aromatic nitrogens is 2. The molecule has 31 heavy (non-hydrogen) atoms. The van der Waals surface area contributed by atoms with Gasteiger partial charge in [0.1, 0.15) is 5.75 Å². The number of nitrogens with zero attached hydrogens (tertiary/aromatic N) is 4. The average Bonchev–Trinajstić information content (AvgIpc) is 3.25. The van der Waals surface area contributed by atoms with E-state index in [2.05, 4.69) is 38.2 Å². The van der Waals surface area contributed by atoms with Crippen molar-refractivity contribution in [2.45, 2.75) is 69.4 Å². The lowest BCUT2D eigenvalue weighted by molar-refractivity contribution is -0.0325. The van der Waals surface area contributed by atoms with Crippen molar-refractivity contribution in [2.24, 2.45) is 11.8 Å². The first-order valence-electron chi connectivity index (χ1n) is 12.3. The fourth-order valence-electron chi connectivity index (χ4n) is 6.56. The molecule has 3 saturated heterocycles. The van der Waals surface area contributed by atoms with E-state index < -0.39 is 0 Å². The standard InChI is InChI=1S/C25H34N4O2/c1-30-21-9-4-6-17(12-21)13-23-20-14-19(22-10-2-3-11-29(22)23)15-28(16-20)25-27-26-24(31-25)18-7-5-8-18/h4,6,9,12,18-20,22-23H,2-3,5,7-8,10-11,13-16H2,1H3/t19-,20+,22+,23+/m1/s1. The molecule has 0 amide bonds. The first-order chi connectivity index (χ1) is 15.3. The first kappa shape index (κ1) is 19.6. The van der Waals surface area contributed by atoms with E-state index in [0.717, 1.165) is 37.2 Å². The zero-order valence-corrected chi connectivity index (χ0v) is 18.6.